The molecule has 2 N–H and O–H groups in total. The molecule has 0 aromatic heterocycles. The van der Waals surface area contributed by atoms with Crippen molar-refractivity contribution in [3.63, 3.8) is 0 Å². The van der Waals surface area contributed by atoms with Crippen molar-refractivity contribution in [2.24, 2.45) is 5.41 Å². The summed E-state index contributed by atoms with van der Waals surface area (Å²) >= 11 is 0. The Morgan fingerprint density at radius 3 is 2.50 bits per heavy atom. The van der Waals surface area contributed by atoms with Crippen LogP contribution in [0, 0.1) is 5.41 Å². The summed E-state index contributed by atoms with van der Waals surface area (Å²) in [5.41, 5.74) is 0.124. The van der Waals surface area contributed by atoms with Crippen LogP contribution in [0.3, 0.4) is 0 Å². The topological polar surface area (TPSA) is 52.6 Å². The summed E-state index contributed by atoms with van der Waals surface area (Å²) in [5, 5.41) is 12.2. The smallest absolute Gasteiger partial charge is 0.303 e. The third kappa shape index (κ3) is 6.97. The molecule has 106 valence electrons. The molecule has 0 radical (unpaired) electrons. The van der Waals surface area contributed by atoms with Crippen molar-refractivity contribution in [3.8, 4) is 0 Å². The molecule has 0 saturated carbocycles. The molecule has 0 aromatic rings. The third-order valence-electron chi connectivity index (χ3n) is 3.80. The van der Waals surface area contributed by atoms with Crippen LogP contribution < -0.4 is 5.32 Å². The van der Waals surface area contributed by atoms with E-state index in [1.54, 1.807) is 0 Å². The number of carbonyl (C=O) groups is 1. The standard InChI is InChI=1S/C14H28N2O2/c1-14(2,6-5-13(17)18)7-8-15-9-12-16-10-3-4-11-16/h15H,3-12H2,1-2H3,(H,17,18). The Kier molecular flexibility index (Phi) is 6.65. The maximum absolute atomic E-state index is 10.5. The zero-order valence-corrected chi connectivity index (χ0v) is 11.9. The average molecular weight is 256 g/mol. The molecule has 0 bridgehead atoms. The maximum atomic E-state index is 10.5. The number of nitrogens with zero attached hydrogens (tertiary/aromatic N) is 1. The molecule has 0 aliphatic carbocycles. The van der Waals surface area contributed by atoms with Gasteiger partial charge in [0.05, 0.1) is 0 Å². The lowest BCUT2D eigenvalue weighted by molar-refractivity contribution is -0.137. The first-order valence-corrected chi connectivity index (χ1v) is 7.14. The van der Waals surface area contributed by atoms with E-state index in [0.717, 1.165) is 32.5 Å². The highest BCUT2D eigenvalue weighted by Gasteiger charge is 2.18. The molecular weight excluding hydrogens is 228 g/mol. The average Bonchev–Trinajstić information content (AvgIpc) is 2.79. The lowest BCUT2D eigenvalue weighted by atomic mass is 9.84. The largest absolute Gasteiger partial charge is 0.481 e. The quantitative estimate of drug-likeness (QED) is 0.619. The van der Waals surface area contributed by atoms with E-state index in [9.17, 15) is 4.79 Å². The molecule has 0 aromatic carbocycles. The Balaban J connectivity index is 1.99. The van der Waals surface area contributed by atoms with E-state index >= 15 is 0 Å². The molecule has 1 saturated heterocycles. The number of hydrogen-bond acceptors (Lipinski definition) is 3. The van der Waals surface area contributed by atoms with Gasteiger partial charge in [-0.25, -0.2) is 0 Å². The minimum absolute atomic E-state index is 0.124. The number of hydrogen-bond donors (Lipinski definition) is 2. The van der Waals surface area contributed by atoms with E-state index in [2.05, 4.69) is 24.1 Å². The van der Waals surface area contributed by atoms with Gasteiger partial charge < -0.3 is 15.3 Å². The number of rotatable bonds is 9. The first kappa shape index (κ1) is 15.4. The lowest BCUT2D eigenvalue weighted by Gasteiger charge is -2.24. The summed E-state index contributed by atoms with van der Waals surface area (Å²) in [7, 11) is 0. The summed E-state index contributed by atoms with van der Waals surface area (Å²) in [6.07, 6.45) is 4.78. The summed E-state index contributed by atoms with van der Waals surface area (Å²) in [5.74, 6) is -0.690. The molecule has 18 heavy (non-hydrogen) atoms. The molecule has 4 nitrogen and oxygen atoms in total. The fraction of sp³-hybridized carbons (Fsp3) is 0.929. The van der Waals surface area contributed by atoms with Crippen LogP contribution in [-0.4, -0.2) is 48.7 Å². The second kappa shape index (κ2) is 7.74. The fourth-order valence-corrected chi connectivity index (χ4v) is 2.37. The molecule has 1 aliphatic heterocycles. The monoisotopic (exact) mass is 256 g/mol. The van der Waals surface area contributed by atoms with E-state index in [0.29, 0.717) is 0 Å². The first-order valence-electron chi connectivity index (χ1n) is 7.14. The van der Waals surface area contributed by atoms with Crippen molar-refractivity contribution in [2.75, 3.05) is 32.7 Å². The maximum Gasteiger partial charge on any atom is 0.303 e. The Labute approximate surface area is 111 Å². The van der Waals surface area contributed by atoms with Gasteiger partial charge in [-0.2, -0.15) is 0 Å². The third-order valence-corrected chi connectivity index (χ3v) is 3.80. The molecule has 0 atom stereocenters. The second-order valence-electron chi connectivity index (χ2n) is 6.11. The molecular formula is C14H28N2O2. The molecule has 1 aliphatic rings. The van der Waals surface area contributed by atoms with Gasteiger partial charge in [-0.1, -0.05) is 13.8 Å². The predicted molar refractivity (Wildman–Crippen MR) is 73.8 cm³/mol. The zero-order valence-electron chi connectivity index (χ0n) is 11.9. The van der Waals surface area contributed by atoms with Crippen LogP contribution in [0.2, 0.25) is 0 Å². The van der Waals surface area contributed by atoms with Crippen molar-refractivity contribution in [1.82, 2.24) is 10.2 Å². The van der Waals surface area contributed by atoms with Crippen molar-refractivity contribution < 1.29 is 9.90 Å². The first-order chi connectivity index (χ1) is 8.49. The molecule has 1 rings (SSSR count). The highest BCUT2D eigenvalue weighted by atomic mass is 16.4. The van der Waals surface area contributed by atoms with Crippen LogP contribution in [0.5, 0.6) is 0 Å². The zero-order chi connectivity index (χ0) is 13.4. The van der Waals surface area contributed by atoms with Gasteiger partial charge in [-0.15, -0.1) is 0 Å². The Morgan fingerprint density at radius 2 is 1.89 bits per heavy atom. The summed E-state index contributed by atoms with van der Waals surface area (Å²) in [4.78, 5) is 13.1. The van der Waals surface area contributed by atoms with Crippen LogP contribution in [0.4, 0.5) is 0 Å². The summed E-state index contributed by atoms with van der Waals surface area (Å²) in [6, 6.07) is 0. The molecule has 1 fully saturated rings. The van der Waals surface area contributed by atoms with Crippen molar-refractivity contribution in [2.45, 2.75) is 46.0 Å². The van der Waals surface area contributed by atoms with Crippen molar-refractivity contribution in [3.05, 3.63) is 0 Å². The van der Waals surface area contributed by atoms with Gasteiger partial charge in [0.2, 0.25) is 0 Å². The van der Waals surface area contributed by atoms with Gasteiger partial charge in [0, 0.05) is 19.5 Å². The normalized spacial score (nSPS) is 17.2. The van der Waals surface area contributed by atoms with Crippen LogP contribution in [0.15, 0.2) is 0 Å². The highest BCUT2D eigenvalue weighted by molar-refractivity contribution is 5.66. The molecule has 0 spiro atoms. The highest BCUT2D eigenvalue weighted by Crippen LogP contribution is 2.25. The van der Waals surface area contributed by atoms with Gasteiger partial charge in [0.1, 0.15) is 0 Å². The van der Waals surface area contributed by atoms with Crippen LogP contribution in [0.25, 0.3) is 0 Å². The number of nitrogens with one attached hydrogen (secondary N) is 1. The van der Waals surface area contributed by atoms with Gasteiger partial charge in [0.25, 0.3) is 0 Å². The SMILES string of the molecule is CC(C)(CCNCCN1CCCC1)CCC(=O)O. The van der Waals surface area contributed by atoms with Crippen molar-refractivity contribution in [1.29, 1.82) is 0 Å². The number of carboxylic acids is 1. The number of aliphatic carboxylic acids is 1. The van der Waals surface area contributed by atoms with Gasteiger partial charge in [0.15, 0.2) is 0 Å². The Morgan fingerprint density at radius 1 is 1.22 bits per heavy atom. The van der Waals surface area contributed by atoms with Gasteiger partial charge >= 0.3 is 5.97 Å². The minimum atomic E-state index is -0.690. The molecule has 0 amide bonds. The minimum Gasteiger partial charge on any atom is -0.481 e. The summed E-state index contributed by atoms with van der Waals surface area (Å²) < 4.78 is 0. The van der Waals surface area contributed by atoms with Crippen LogP contribution >= 0.6 is 0 Å². The van der Waals surface area contributed by atoms with E-state index in [-0.39, 0.29) is 11.8 Å². The van der Waals surface area contributed by atoms with E-state index < -0.39 is 5.97 Å². The van der Waals surface area contributed by atoms with E-state index in [1.807, 2.05) is 0 Å². The van der Waals surface area contributed by atoms with Gasteiger partial charge in [-0.05, 0) is 50.7 Å². The Bertz CT molecular complexity index is 248. The van der Waals surface area contributed by atoms with Crippen LogP contribution in [0.1, 0.15) is 46.0 Å². The Hall–Kier alpha value is -0.610. The van der Waals surface area contributed by atoms with E-state index in [1.165, 1.54) is 25.9 Å². The number of likely N-dealkylation sites (tertiary alicyclic amines) is 1. The van der Waals surface area contributed by atoms with E-state index in [4.69, 9.17) is 5.11 Å². The lowest BCUT2D eigenvalue weighted by Crippen LogP contribution is -2.31. The predicted octanol–water partition coefficient (Wildman–Crippen LogP) is 1.95. The molecule has 0 unspecified atom stereocenters. The fourth-order valence-electron chi connectivity index (χ4n) is 2.37. The summed E-state index contributed by atoms with van der Waals surface area (Å²) in [6.45, 7) is 10.00. The van der Waals surface area contributed by atoms with Gasteiger partial charge in [-0.3, -0.25) is 4.79 Å². The second-order valence-corrected chi connectivity index (χ2v) is 6.11. The molecule has 4 heteroatoms. The van der Waals surface area contributed by atoms with Crippen molar-refractivity contribution >= 4 is 5.97 Å². The molecule has 1 heterocycles. The van der Waals surface area contributed by atoms with Crippen LogP contribution in [-0.2, 0) is 4.79 Å². The number of carboxylic acid groups (broad SMARTS) is 1.